The van der Waals surface area contributed by atoms with E-state index in [1.54, 1.807) is 0 Å². The summed E-state index contributed by atoms with van der Waals surface area (Å²) in [5.41, 5.74) is 2.94. The number of para-hydroxylation sites is 1. The molecule has 0 spiro atoms. The Kier molecular flexibility index (Phi) is 4.94. The zero-order valence-electron chi connectivity index (χ0n) is 13.8. The third-order valence-electron chi connectivity index (χ3n) is 4.28. The number of carbonyl (C=O) groups excluding carboxylic acids is 1. The highest BCUT2D eigenvalue weighted by Gasteiger charge is 2.20. The Morgan fingerprint density at radius 2 is 1.83 bits per heavy atom. The molecule has 3 aromatic rings. The van der Waals surface area contributed by atoms with Gasteiger partial charge in [0.25, 0.3) is 0 Å². The quantitative estimate of drug-likeness (QED) is 0.744. The lowest BCUT2D eigenvalue weighted by molar-refractivity contribution is -0.109. The highest BCUT2D eigenvalue weighted by molar-refractivity contribution is 8.13. The Hall–Kier alpha value is -1.82. The predicted octanol–water partition coefficient (Wildman–Crippen LogP) is 3.49. The van der Waals surface area contributed by atoms with Gasteiger partial charge in [0.05, 0.1) is 6.10 Å². The standard InChI is InChI=1S/C19H21NO3S/c1-3-20-16-7-5-4-6-14(16)15-10-13(8-9-17(15)20)19(23)18(22)11-24-12(2)21/h4-10,18-19,22-23H,3,11H2,1-2H3. The van der Waals surface area contributed by atoms with E-state index in [9.17, 15) is 15.0 Å². The first-order valence-electron chi connectivity index (χ1n) is 8.03. The van der Waals surface area contributed by atoms with E-state index < -0.39 is 12.2 Å². The number of aliphatic hydroxyl groups is 2. The van der Waals surface area contributed by atoms with E-state index in [0.29, 0.717) is 5.56 Å². The van der Waals surface area contributed by atoms with Crippen molar-refractivity contribution >= 4 is 38.7 Å². The maximum atomic E-state index is 11.0. The smallest absolute Gasteiger partial charge is 0.185 e. The number of benzene rings is 2. The van der Waals surface area contributed by atoms with Gasteiger partial charge in [0.1, 0.15) is 6.10 Å². The van der Waals surface area contributed by atoms with Crippen LogP contribution in [-0.4, -0.2) is 31.8 Å². The molecule has 2 aromatic carbocycles. The average molecular weight is 343 g/mol. The zero-order valence-corrected chi connectivity index (χ0v) is 14.6. The molecule has 3 rings (SSSR count). The maximum absolute atomic E-state index is 11.0. The summed E-state index contributed by atoms with van der Waals surface area (Å²) in [6.45, 7) is 4.43. The number of hydrogen-bond acceptors (Lipinski definition) is 4. The van der Waals surface area contributed by atoms with Crippen molar-refractivity contribution in [3.63, 3.8) is 0 Å². The number of nitrogens with zero attached hydrogens (tertiary/aromatic N) is 1. The molecule has 24 heavy (non-hydrogen) atoms. The van der Waals surface area contributed by atoms with Crippen LogP contribution in [0.5, 0.6) is 0 Å². The number of rotatable bonds is 5. The molecule has 0 aliphatic rings. The average Bonchev–Trinajstić information content (AvgIpc) is 2.91. The second kappa shape index (κ2) is 6.97. The van der Waals surface area contributed by atoms with Crippen LogP contribution in [0.1, 0.15) is 25.5 Å². The summed E-state index contributed by atoms with van der Waals surface area (Å²) in [6, 6.07) is 14.0. The van der Waals surface area contributed by atoms with Gasteiger partial charge in [-0.25, -0.2) is 0 Å². The second-order valence-corrected chi connectivity index (χ2v) is 7.05. The van der Waals surface area contributed by atoms with Crippen LogP contribution in [0, 0.1) is 0 Å². The van der Waals surface area contributed by atoms with Crippen LogP contribution >= 0.6 is 11.8 Å². The van der Waals surface area contributed by atoms with E-state index in [4.69, 9.17) is 0 Å². The van der Waals surface area contributed by atoms with Gasteiger partial charge in [-0.05, 0) is 30.7 Å². The molecule has 0 radical (unpaired) electrons. The molecule has 2 unspecified atom stereocenters. The van der Waals surface area contributed by atoms with Crippen molar-refractivity contribution in [1.29, 1.82) is 0 Å². The Morgan fingerprint density at radius 1 is 1.12 bits per heavy atom. The molecule has 5 heteroatoms. The van der Waals surface area contributed by atoms with E-state index in [0.717, 1.165) is 40.1 Å². The van der Waals surface area contributed by atoms with Gasteiger partial charge >= 0.3 is 0 Å². The summed E-state index contributed by atoms with van der Waals surface area (Å²) in [6.07, 6.45) is -1.99. The molecule has 0 saturated carbocycles. The van der Waals surface area contributed by atoms with Crippen LogP contribution in [0.15, 0.2) is 42.5 Å². The van der Waals surface area contributed by atoms with Crippen LogP contribution in [0.4, 0.5) is 0 Å². The molecule has 1 heterocycles. The minimum Gasteiger partial charge on any atom is -0.389 e. The highest BCUT2D eigenvalue weighted by atomic mass is 32.2. The molecule has 1 aromatic heterocycles. The summed E-state index contributed by atoms with van der Waals surface area (Å²) in [4.78, 5) is 11.0. The molecule has 0 aliphatic carbocycles. The third-order valence-corrected chi connectivity index (χ3v) is 5.19. The molecule has 0 aliphatic heterocycles. The fourth-order valence-corrected chi connectivity index (χ4v) is 3.70. The monoisotopic (exact) mass is 343 g/mol. The van der Waals surface area contributed by atoms with Gasteiger partial charge in [0.2, 0.25) is 0 Å². The fraction of sp³-hybridized carbons (Fsp3) is 0.316. The van der Waals surface area contributed by atoms with Crippen LogP contribution in [0.2, 0.25) is 0 Å². The minimum atomic E-state index is -1.01. The van der Waals surface area contributed by atoms with Crippen molar-refractivity contribution in [1.82, 2.24) is 4.57 Å². The van der Waals surface area contributed by atoms with Crippen molar-refractivity contribution in [2.75, 3.05) is 5.75 Å². The molecule has 4 nitrogen and oxygen atoms in total. The van der Waals surface area contributed by atoms with Gasteiger partial charge in [0.15, 0.2) is 5.12 Å². The van der Waals surface area contributed by atoms with Gasteiger partial charge in [0, 0.05) is 41.0 Å². The lowest BCUT2D eigenvalue weighted by atomic mass is 10.0. The summed E-state index contributed by atoms with van der Waals surface area (Å²) in [5.74, 6) is 0.186. The van der Waals surface area contributed by atoms with Crippen LogP contribution in [-0.2, 0) is 11.3 Å². The third kappa shape index (κ3) is 3.07. The molecular weight excluding hydrogens is 322 g/mol. The van der Waals surface area contributed by atoms with Crippen molar-refractivity contribution in [2.24, 2.45) is 0 Å². The normalized spacial score (nSPS) is 14.2. The van der Waals surface area contributed by atoms with E-state index in [-0.39, 0.29) is 10.9 Å². The molecule has 2 atom stereocenters. The van der Waals surface area contributed by atoms with E-state index in [1.165, 1.54) is 6.92 Å². The van der Waals surface area contributed by atoms with Crippen molar-refractivity contribution in [3.05, 3.63) is 48.0 Å². The summed E-state index contributed by atoms with van der Waals surface area (Å²) in [5, 5.41) is 22.7. The molecule has 2 N–H and O–H groups in total. The SMILES string of the molecule is CCn1c2ccccc2c2cc(C(O)C(O)CSC(C)=O)ccc21. The second-order valence-electron chi connectivity index (χ2n) is 5.85. The highest BCUT2D eigenvalue weighted by Crippen LogP contribution is 2.32. The van der Waals surface area contributed by atoms with Crippen LogP contribution in [0.25, 0.3) is 21.8 Å². The molecule has 0 fully saturated rings. The van der Waals surface area contributed by atoms with Gasteiger partial charge in [-0.1, -0.05) is 36.0 Å². The Balaban J connectivity index is 2.02. The molecule has 0 saturated heterocycles. The first kappa shape index (κ1) is 17.0. The number of aromatic nitrogens is 1. The van der Waals surface area contributed by atoms with Gasteiger partial charge in [-0.2, -0.15) is 0 Å². The van der Waals surface area contributed by atoms with Crippen molar-refractivity contribution in [3.8, 4) is 0 Å². The number of aliphatic hydroxyl groups excluding tert-OH is 2. The lowest BCUT2D eigenvalue weighted by Crippen LogP contribution is -2.21. The Labute approximate surface area is 145 Å². The van der Waals surface area contributed by atoms with Crippen molar-refractivity contribution in [2.45, 2.75) is 32.6 Å². The van der Waals surface area contributed by atoms with Gasteiger partial charge in [-0.3, -0.25) is 4.79 Å². The maximum Gasteiger partial charge on any atom is 0.185 e. The first-order valence-corrected chi connectivity index (χ1v) is 9.02. The first-order chi connectivity index (χ1) is 11.5. The van der Waals surface area contributed by atoms with Gasteiger partial charge in [-0.15, -0.1) is 0 Å². The largest absolute Gasteiger partial charge is 0.389 e. The fourth-order valence-electron chi connectivity index (χ4n) is 3.11. The number of thioether (sulfide) groups is 1. The molecule has 126 valence electrons. The lowest BCUT2D eigenvalue weighted by Gasteiger charge is -2.17. The van der Waals surface area contributed by atoms with E-state index >= 15 is 0 Å². The summed E-state index contributed by atoms with van der Waals surface area (Å²) < 4.78 is 2.24. The van der Waals surface area contributed by atoms with Crippen molar-refractivity contribution < 1.29 is 15.0 Å². The predicted molar refractivity (Wildman–Crippen MR) is 99.2 cm³/mol. The topological polar surface area (TPSA) is 62.5 Å². The molecular formula is C19H21NO3S. The van der Waals surface area contributed by atoms with Crippen LogP contribution in [0.3, 0.4) is 0 Å². The Bertz CT molecular complexity index is 887. The van der Waals surface area contributed by atoms with E-state index in [1.807, 2.05) is 30.3 Å². The number of fused-ring (bicyclic) bond motifs is 3. The molecule has 0 amide bonds. The molecule has 0 bridgehead atoms. The summed E-state index contributed by atoms with van der Waals surface area (Å²) >= 11 is 1.02. The van der Waals surface area contributed by atoms with Crippen LogP contribution < -0.4 is 0 Å². The minimum absolute atomic E-state index is 0.0669. The summed E-state index contributed by atoms with van der Waals surface area (Å²) in [7, 11) is 0. The van der Waals surface area contributed by atoms with Gasteiger partial charge < -0.3 is 14.8 Å². The van der Waals surface area contributed by atoms with E-state index in [2.05, 4.69) is 23.6 Å². The Morgan fingerprint density at radius 3 is 2.54 bits per heavy atom. The number of hydrogen-bond donors (Lipinski definition) is 2. The number of aryl methyl sites for hydroxylation is 1. The number of carbonyl (C=O) groups is 1. The zero-order chi connectivity index (χ0) is 17.3.